The number of hydrogen-bond acceptors (Lipinski definition) is 4. The van der Waals surface area contributed by atoms with Crippen LogP contribution in [0.2, 0.25) is 0 Å². The van der Waals surface area contributed by atoms with Crippen LogP contribution in [0, 0.1) is 0 Å². The van der Waals surface area contributed by atoms with E-state index in [1.54, 1.807) is 4.90 Å². The lowest BCUT2D eigenvalue weighted by Gasteiger charge is -2.18. The van der Waals surface area contributed by atoms with Crippen molar-refractivity contribution in [2.75, 3.05) is 31.1 Å². The van der Waals surface area contributed by atoms with Crippen molar-refractivity contribution in [2.45, 2.75) is 18.4 Å². The number of hydrogen-bond donors (Lipinski definition) is 1. The normalized spacial score (nSPS) is 31.5. The number of nitrogens with two attached hydrogens (primary N) is 1. The van der Waals surface area contributed by atoms with E-state index in [0.29, 0.717) is 6.54 Å². The first-order valence-corrected chi connectivity index (χ1v) is 6.17. The van der Waals surface area contributed by atoms with Gasteiger partial charge in [0.15, 0.2) is 0 Å². The summed E-state index contributed by atoms with van der Waals surface area (Å²) >= 11 is 1.87. The minimum absolute atomic E-state index is 0.152. The van der Waals surface area contributed by atoms with Crippen molar-refractivity contribution in [3.05, 3.63) is 0 Å². The molecule has 2 rings (SSSR count). The third-order valence-corrected chi connectivity index (χ3v) is 3.96. The molecule has 0 radical (unpaired) electrons. The maximum atomic E-state index is 11.5. The second-order valence-electron chi connectivity index (χ2n) is 3.92. The predicted octanol–water partition coefficient (Wildman–Crippen LogP) is 0.663. The molecule has 0 aromatic rings. The second-order valence-corrected chi connectivity index (χ2v) is 5.02. The maximum absolute atomic E-state index is 11.5. The Labute approximate surface area is 88.1 Å². The molecule has 14 heavy (non-hydrogen) atoms. The molecule has 80 valence electrons. The van der Waals surface area contributed by atoms with Gasteiger partial charge in [-0.1, -0.05) is 0 Å². The summed E-state index contributed by atoms with van der Waals surface area (Å²) in [6.07, 6.45) is 1.71. The van der Waals surface area contributed by atoms with Gasteiger partial charge in [-0.15, -0.1) is 0 Å². The van der Waals surface area contributed by atoms with Gasteiger partial charge in [0.1, 0.15) is 5.60 Å². The predicted molar refractivity (Wildman–Crippen MR) is 56.4 cm³/mol. The summed E-state index contributed by atoms with van der Waals surface area (Å²) in [5.74, 6) is 2.07. The van der Waals surface area contributed by atoms with Crippen LogP contribution in [0.5, 0.6) is 0 Å². The molecule has 2 aliphatic rings. The van der Waals surface area contributed by atoms with E-state index >= 15 is 0 Å². The summed E-state index contributed by atoms with van der Waals surface area (Å²) in [5, 5.41) is 0. The fourth-order valence-corrected chi connectivity index (χ4v) is 3.27. The Morgan fingerprint density at radius 3 is 3.14 bits per heavy atom. The molecular weight excluding hydrogens is 200 g/mol. The van der Waals surface area contributed by atoms with Crippen molar-refractivity contribution >= 4 is 17.9 Å². The molecule has 2 heterocycles. The number of nitrogens with zero attached hydrogens (tertiary/aromatic N) is 1. The summed E-state index contributed by atoms with van der Waals surface area (Å²) in [6.45, 7) is 2.13. The number of carbonyl (C=O) groups excluding carboxylic acids is 1. The van der Waals surface area contributed by atoms with Gasteiger partial charge in [-0.05, 0) is 25.1 Å². The Kier molecular flexibility index (Phi) is 2.88. The average molecular weight is 216 g/mol. The minimum atomic E-state index is -0.170. The molecule has 1 unspecified atom stereocenters. The zero-order valence-electron chi connectivity index (χ0n) is 8.20. The van der Waals surface area contributed by atoms with Crippen molar-refractivity contribution < 1.29 is 9.53 Å². The highest BCUT2D eigenvalue weighted by atomic mass is 32.2. The van der Waals surface area contributed by atoms with E-state index in [1.807, 2.05) is 11.8 Å². The van der Waals surface area contributed by atoms with E-state index in [1.165, 1.54) is 0 Å². The topological polar surface area (TPSA) is 55.6 Å². The first kappa shape index (κ1) is 10.1. The first-order chi connectivity index (χ1) is 6.76. The molecule has 0 aromatic heterocycles. The van der Waals surface area contributed by atoms with Crippen molar-refractivity contribution in [3.8, 4) is 0 Å². The fourth-order valence-electron chi connectivity index (χ4n) is 1.94. The number of carbonyl (C=O) groups is 1. The average Bonchev–Trinajstić information content (AvgIpc) is 2.72. The lowest BCUT2D eigenvalue weighted by molar-refractivity contribution is 0.0775. The molecule has 1 amide bonds. The van der Waals surface area contributed by atoms with E-state index in [0.717, 1.165) is 37.4 Å². The molecule has 0 bridgehead atoms. The summed E-state index contributed by atoms with van der Waals surface area (Å²) in [5.41, 5.74) is 5.24. The number of thioether (sulfide) groups is 1. The minimum Gasteiger partial charge on any atom is -0.440 e. The second kappa shape index (κ2) is 3.98. The van der Waals surface area contributed by atoms with Gasteiger partial charge >= 0.3 is 6.09 Å². The largest absolute Gasteiger partial charge is 0.440 e. The summed E-state index contributed by atoms with van der Waals surface area (Å²) in [7, 11) is 0. The molecule has 1 spiro atoms. The van der Waals surface area contributed by atoms with Crippen LogP contribution in [0.3, 0.4) is 0 Å². The standard InChI is InChI=1S/C9H16N2O2S/c10-3-1-4-11-6-9(13-8(11)12)2-5-14-7-9/h1-7,10H2. The van der Waals surface area contributed by atoms with Gasteiger partial charge in [-0.25, -0.2) is 4.79 Å². The van der Waals surface area contributed by atoms with Gasteiger partial charge in [0.2, 0.25) is 0 Å². The Balaban J connectivity index is 1.92. The van der Waals surface area contributed by atoms with Gasteiger partial charge in [0.25, 0.3) is 0 Å². The zero-order chi connectivity index (χ0) is 10.0. The molecule has 1 atom stereocenters. The lowest BCUT2D eigenvalue weighted by Crippen LogP contribution is -2.34. The third-order valence-electron chi connectivity index (χ3n) is 2.74. The summed E-state index contributed by atoms with van der Waals surface area (Å²) < 4.78 is 5.44. The third kappa shape index (κ3) is 1.83. The van der Waals surface area contributed by atoms with Crippen LogP contribution in [0.4, 0.5) is 4.79 Å². The van der Waals surface area contributed by atoms with E-state index in [9.17, 15) is 4.79 Å². The molecule has 2 saturated heterocycles. The van der Waals surface area contributed by atoms with E-state index in [-0.39, 0.29) is 11.7 Å². The number of amides is 1. The first-order valence-electron chi connectivity index (χ1n) is 5.01. The number of rotatable bonds is 3. The van der Waals surface area contributed by atoms with Crippen molar-refractivity contribution in [1.82, 2.24) is 4.90 Å². The monoisotopic (exact) mass is 216 g/mol. The summed E-state index contributed by atoms with van der Waals surface area (Å²) in [4.78, 5) is 13.3. The van der Waals surface area contributed by atoms with Crippen LogP contribution in [0.25, 0.3) is 0 Å². The van der Waals surface area contributed by atoms with Crippen LogP contribution in [-0.2, 0) is 4.74 Å². The van der Waals surface area contributed by atoms with Crippen molar-refractivity contribution in [3.63, 3.8) is 0 Å². The van der Waals surface area contributed by atoms with Gasteiger partial charge in [0.05, 0.1) is 6.54 Å². The van der Waals surface area contributed by atoms with Gasteiger partial charge in [-0.3, -0.25) is 0 Å². The van der Waals surface area contributed by atoms with Crippen molar-refractivity contribution in [1.29, 1.82) is 0 Å². The quantitative estimate of drug-likeness (QED) is 0.753. The van der Waals surface area contributed by atoms with E-state index < -0.39 is 0 Å². The molecule has 0 saturated carbocycles. The number of ether oxygens (including phenoxy) is 1. The summed E-state index contributed by atoms with van der Waals surface area (Å²) in [6, 6.07) is 0. The molecule has 4 nitrogen and oxygen atoms in total. The van der Waals surface area contributed by atoms with Crippen LogP contribution < -0.4 is 5.73 Å². The molecule has 2 fully saturated rings. The highest BCUT2D eigenvalue weighted by molar-refractivity contribution is 7.99. The Hall–Kier alpha value is -0.420. The molecule has 0 aromatic carbocycles. The van der Waals surface area contributed by atoms with Crippen LogP contribution in [0.1, 0.15) is 12.8 Å². The highest BCUT2D eigenvalue weighted by Crippen LogP contribution is 2.36. The molecule has 2 aliphatic heterocycles. The molecule has 2 N–H and O–H groups in total. The van der Waals surface area contributed by atoms with Gasteiger partial charge < -0.3 is 15.4 Å². The Bertz CT molecular complexity index is 229. The Morgan fingerprint density at radius 2 is 2.50 bits per heavy atom. The lowest BCUT2D eigenvalue weighted by atomic mass is 10.0. The Morgan fingerprint density at radius 1 is 1.64 bits per heavy atom. The molecular formula is C9H16N2O2S. The van der Waals surface area contributed by atoms with Crippen LogP contribution in [0.15, 0.2) is 0 Å². The zero-order valence-corrected chi connectivity index (χ0v) is 9.02. The highest BCUT2D eigenvalue weighted by Gasteiger charge is 2.46. The molecule has 0 aliphatic carbocycles. The van der Waals surface area contributed by atoms with Crippen LogP contribution >= 0.6 is 11.8 Å². The fraction of sp³-hybridized carbons (Fsp3) is 0.889. The smallest absolute Gasteiger partial charge is 0.410 e. The van der Waals surface area contributed by atoms with Crippen molar-refractivity contribution in [2.24, 2.45) is 5.73 Å². The molecule has 5 heteroatoms. The van der Waals surface area contributed by atoms with E-state index in [2.05, 4.69) is 0 Å². The van der Waals surface area contributed by atoms with Gasteiger partial charge in [0, 0.05) is 12.3 Å². The van der Waals surface area contributed by atoms with E-state index in [4.69, 9.17) is 10.5 Å². The SMILES string of the molecule is NCCCN1CC2(CCSC2)OC1=O. The van der Waals surface area contributed by atoms with Gasteiger partial charge in [-0.2, -0.15) is 11.8 Å². The van der Waals surface area contributed by atoms with Crippen LogP contribution in [-0.4, -0.2) is 47.7 Å². The maximum Gasteiger partial charge on any atom is 0.410 e.